The number of primary sulfonamides is 1. The molecule has 0 aliphatic heterocycles. The molecule has 0 saturated carbocycles. The highest BCUT2D eigenvalue weighted by atomic mass is 32.2. The molecule has 6 nitrogen and oxygen atoms in total. The maximum absolute atomic E-state index is 11.4. The van der Waals surface area contributed by atoms with Gasteiger partial charge in [0.1, 0.15) is 4.90 Å². The zero-order chi connectivity index (χ0) is 15.3. The van der Waals surface area contributed by atoms with Gasteiger partial charge in [-0.1, -0.05) is 13.0 Å². The van der Waals surface area contributed by atoms with Crippen molar-refractivity contribution < 1.29 is 8.42 Å². The molecule has 0 bridgehead atoms. The smallest absolute Gasteiger partial charge is 0.240 e. The van der Waals surface area contributed by atoms with Gasteiger partial charge < -0.3 is 16.0 Å². The van der Waals surface area contributed by atoms with Crippen LogP contribution in [-0.4, -0.2) is 39.5 Å². The van der Waals surface area contributed by atoms with Gasteiger partial charge in [-0.2, -0.15) is 0 Å². The van der Waals surface area contributed by atoms with Crippen LogP contribution in [0.25, 0.3) is 0 Å². The minimum atomic E-state index is -3.79. The summed E-state index contributed by atoms with van der Waals surface area (Å²) in [6, 6.07) is 5.27. The number of hydrogen-bond acceptors (Lipinski definition) is 5. The van der Waals surface area contributed by atoms with E-state index in [9.17, 15) is 8.42 Å². The van der Waals surface area contributed by atoms with Gasteiger partial charge in [0.2, 0.25) is 10.0 Å². The summed E-state index contributed by atoms with van der Waals surface area (Å²) >= 11 is 0. The van der Waals surface area contributed by atoms with E-state index >= 15 is 0 Å². The summed E-state index contributed by atoms with van der Waals surface area (Å²) in [6.07, 6.45) is 1.08. The molecule has 0 spiro atoms. The topological polar surface area (TPSA) is 101 Å². The van der Waals surface area contributed by atoms with Crippen molar-refractivity contribution in [3.63, 3.8) is 0 Å². The van der Waals surface area contributed by atoms with E-state index in [1.807, 2.05) is 0 Å². The predicted molar refractivity (Wildman–Crippen MR) is 83.1 cm³/mol. The Morgan fingerprint density at radius 1 is 1.40 bits per heavy atom. The lowest BCUT2D eigenvalue weighted by Crippen LogP contribution is -2.32. The maximum atomic E-state index is 11.4. The highest BCUT2D eigenvalue weighted by Gasteiger charge is 2.14. The van der Waals surface area contributed by atoms with E-state index in [2.05, 4.69) is 31.1 Å². The Kier molecular flexibility index (Phi) is 5.79. The molecule has 114 valence electrons. The molecule has 0 heterocycles. The van der Waals surface area contributed by atoms with E-state index in [-0.39, 0.29) is 10.6 Å². The first-order valence-electron chi connectivity index (χ1n) is 6.62. The molecule has 0 aliphatic carbocycles. The van der Waals surface area contributed by atoms with Gasteiger partial charge in [0.25, 0.3) is 0 Å². The first-order chi connectivity index (χ1) is 9.27. The van der Waals surface area contributed by atoms with E-state index in [0.29, 0.717) is 18.3 Å². The summed E-state index contributed by atoms with van der Waals surface area (Å²) in [5.41, 5.74) is 6.60. The first-order valence-corrected chi connectivity index (χ1v) is 8.17. The molecule has 1 rings (SSSR count). The number of hydrogen-bond donors (Lipinski definition) is 3. The number of nitrogens with one attached hydrogen (secondary N) is 1. The number of sulfonamides is 1. The zero-order valence-electron chi connectivity index (χ0n) is 12.3. The first kappa shape index (κ1) is 16.7. The Labute approximate surface area is 121 Å². The molecular weight excluding hydrogens is 276 g/mol. The van der Waals surface area contributed by atoms with Gasteiger partial charge in [-0.25, -0.2) is 13.6 Å². The number of nitrogen functional groups attached to an aromatic ring is 1. The molecule has 0 amide bonds. The van der Waals surface area contributed by atoms with E-state index in [4.69, 9.17) is 10.9 Å². The number of rotatable bonds is 7. The fraction of sp³-hybridized carbons (Fsp3) is 0.538. The Bertz CT molecular complexity index is 545. The second-order valence-corrected chi connectivity index (χ2v) is 6.46. The molecule has 0 aromatic heterocycles. The van der Waals surface area contributed by atoms with Gasteiger partial charge >= 0.3 is 0 Å². The van der Waals surface area contributed by atoms with Crippen LogP contribution in [0.4, 0.5) is 11.4 Å². The van der Waals surface area contributed by atoms with Crippen molar-refractivity contribution in [3.8, 4) is 0 Å². The van der Waals surface area contributed by atoms with Gasteiger partial charge in [0.15, 0.2) is 0 Å². The molecule has 1 aromatic carbocycles. The Balaban J connectivity index is 2.71. The third kappa shape index (κ3) is 4.36. The van der Waals surface area contributed by atoms with Gasteiger partial charge in [-0.05, 0) is 32.5 Å². The van der Waals surface area contributed by atoms with Crippen LogP contribution in [0.1, 0.15) is 20.3 Å². The monoisotopic (exact) mass is 300 g/mol. The molecule has 7 heteroatoms. The zero-order valence-corrected chi connectivity index (χ0v) is 13.1. The van der Waals surface area contributed by atoms with E-state index in [1.165, 1.54) is 6.07 Å². The van der Waals surface area contributed by atoms with Crippen LogP contribution in [0, 0.1) is 0 Å². The van der Waals surface area contributed by atoms with Crippen LogP contribution >= 0.6 is 0 Å². The highest BCUT2D eigenvalue weighted by molar-refractivity contribution is 7.89. The SMILES string of the molecule is CCC(C)N(C)CCNc1cccc(S(N)(=O)=O)c1N. The fourth-order valence-electron chi connectivity index (χ4n) is 1.85. The van der Waals surface area contributed by atoms with Crippen molar-refractivity contribution >= 4 is 21.4 Å². The summed E-state index contributed by atoms with van der Waals surface area (Å²) < 4.78 is 22.8. The lowest BCUT2D eigenvalue weighted by atomic mass is 10.2. The lowest BCUT2D eigenvalue weighted by molar-refractivity contribution is 0.261. The normalized spacial score (nSPS) is 13.4. The number of anilines is 2. The Hall–Kier alpha value is -1.31. The van der Waals surface area contributed by atoms with E-state index in [0.717, 1.165) is 13.0 Å². The summed E-state index contributed by atoms with van der Waals surface area (Å²) in [6.45, 7) is 5.82. The average Bonchev–Trinajstić information content (AvgIpc) is 2.38. The Morgan fingerprint density at radius 3 is 2.60 bits per heavy atom. The number of likely N-dealkylation sites (N-methyl/N-ethyl adjacent to an activating group) is 1. The van der Waals surface area contributed by atoms with Crippen molar-refractivity contribution in [2.24, 2.45) is 5.14 Å². The van der Waals surface area contributed by atoms with Crippen molar-refractivity contribution in [1.29, 1.82) is 0 Å². The standard InChI is InChI=1S/C13H24N4O2S/c1-4-10(2)17(3)9-8-16-11-6-5-7-12(13(11)14)20(15,18)19/h5-7,10,16H,4,8-9,14H2,1-3H3,(H2,15,18,19). The van der Waals surface area contributed by atoms with Gasteiger partial charge in [-0.15, -0.1) is 0 Å². The average molecular weight is 300 g/mol. The van der Waals surface area contributed by atoms with Gasteiger partial charge in [-0.3, -0.25) is 0 Å². The number of nitrogens with zero attached hydrogens (tertiary/aromatic N) is 1. The summed E-state index contributed by atoms with van der Waals surface area (Å²) in [4.78, 5) is 2.19. The quantitative estimate of drug-likeness (QED) is 0.654. The molecular formula is C13H24N4O2S. The number of benzene rings is 1. The molecule has 1 unspecified atom stereocenters. The van der Waals surface area contributed by atoms with E-state index < -0.39 is 10.0 Å². The molecule has 1 aromatic rings. The largest absolute Gasteiger partial charge is 0.396 e. The van der Waals surface area contributed by atoms with Crippen LogP contribution in [0.3, 0.4) is 0 Å². The number of nitrogens with two attached hydrogens (primary N) is 2. The van der Waals surface area contributed by atoms with Crippen LogP contribution in [0.2, 0.25) is 0 Å². The van der Waals surface area contributed by atoms with E-state index in [1.54, 1.807) is 12.1 Å². The molecule has 0 radical (unpaired) electrons. The summed E-state index contributed by atoms with van der Waals surface area (Å²) in [7, 11) is -1.73. The Morgan fingerprint density at radius 2 is 2.05 bits per heavy atom. The second kappa shape index (κ2) is 6.92. The molecule has 5 N–H and O–H groups in total. The molecule has 0 aliphatic rings. The van der Waals surface area contributed by atoms with Crippen LogP contribution in [0.15, 0.2) is 23.1 Å². The molecule has 1 atom stereocenters. The van der Waals surface area contributed by atoms with Crippen LogP contribution < -0.4 is 16.2 Å². The van der Waals surface area contributed by atoms with Crippen molar-refractivity contribution in [1.82, 2.24) is 4.90 Å². The molecule has 0 saturated heterocycles. The molecule has 0 fully saturated rings. The van der Waals surface area contributed by atoms with Crippen molar-refractivity contribution in [3.05, 3.63) is 18.2 Å². The third-order valence-electron chi connectivity index (χ3n) is 3.50. The van der Waals surface area contributed by atoms with Crippen molar-refractivity contribution in [2.75, 3.05) is 31.2 Å². The highest BCUT2D eigenvalue weighted by Crippen LogP contribution is 2.25. The molecule has 20 heavy (non-hydrogen) atoms. The summed E-state index contributed by atoms with van der Waals surface area (Å²) in [5.74, 6) is 0. The number of para-hydroxylation sites is 1. The van der Waals surface area contributed by atoms with Crippen LogP contribution in [-0.2, 0) is 10.0 Å². The minimum Gasteiger partial charge on any atom is -0.396 e. The maximum Gasteiger partial charge on any atom is 0.240 e. The van der Waals surface area contributed by atoms with Gasteiger partial charge in [0.05, 0.1) is 11.4 Å². The van der Waals surface area contributed by atoms with Gasteiger partial charge in [0, 0.05) is 19.1 Å². The minimum absolute atomic E-state index is 0.0437. The second-order valence-electron chi connectivity index (χ2n) is 4.93. The predicted octanol–water partition coefficient (Wildman–Crippen LogP) is 1.06. The summed E-state index contributed by atoms with van der Waals surface area (Å²) in [5, 5.41) is 8.27. The van der Waals surface area contributed by atoms with Crippen LogP contribution in [0.5, 0.6) is 0 Å². The lowest BCUT2D eigenvalue weighted by Gasteiger charge is -2.24. The fourth-order valence-corrected chi connectivity index (χ4v) is 2.53. The third-order valence-corrected chi connectivity index (χ3v) is 4.46. The van der Waals surface area contributed by atoms with Crippen molar-refractivity contribution in [2.45, 2.75) is 31.2 Å².